The molecule has 0 radical (unpaired) electrons. The van der Waals surface area contributed by atoms with E-state index in [0.29, 0.717) is 38.2 Å². The number of halogens is 4. The predicted molar refractivity (Wildman–Crippen MR) is 95.9 cm³/mol. The van der Waals surface area contributed by atoms with Gasteiger partial charge < -0.3 is 25.2 Å². The number of aromatic nitrogens is 2. The summed E-state index contributed by atoms with van der Waals surface area (Å²) in [6.45, 7) is 1.19. The highest BCUT2D eigenvalue weighted by Crippen LogP contribution is 2.37. The fraction of sp³-hybridized carbons (Fsp3) is 0.647. The van der Waals surface area contributed by atoms with Crippen LogP contribution in [0.3, 0.4) is 0 Å². The Hall–Kier alpha value is -2.02. The molecule has 2 heterocycles. The molecular weight excluding hydrogens is 398 g/mol. The van der Waals surface area contributed by atoms with Gasteiger partial charge in [0.05, 0.1) is 31.8 Å². The Kier molecular flexibility index (Phi) is 6.88. The fourth-order valence-electron chi connectivity index (χ4n) is 3.28. The van der Waals surface area contributed by atoms with Crippen LogP contribution in [0.1, 0.15) is 5.56 Å². The van der Waals surface area contributed by atoms with Crippen molar-refractivity contribution in [3.05, 3.63) is 23.5 Å². The first kappa shape index (κ1) is 21.7. The van der Waals surface area contributed by atoms with Crippen LogP contribution in [0.15, 0.2) is 18.0 Å². The normalized spacial score (nSPS) is 23.9. The maximum Gasteiger partial charge on any atom is 0.421 e. The monoisotopic (exact) mass is 421 g/mol. The Labute approximate surface area is 164 Å². The zero-order valence-electron chi connectivity index (χ0n) is 15.7. The molecule has 1 aromatic heterocycles. The highest BCUT2D eigenvalue weighted by Gasteiger charge is 2.42. The van der Waals surface area contributed by atoms with Crippen LogP contribution in [0.25, 0.3) is 0 Å². The van der Waals surface area contributed by atoms with Gasteiger partial charge in [0, 0.05) is 32.0 Å². The summed E-state index contributed by atoms with van der Waals surface area (Å²) in [4.78, 5) is 9.40. The highest BCUT2D eigenvalue weighted by molar-refractivity contribution is 5.51. The molecular formula is C17H23F4N5O3. The van der Waals surface area contributed by atoms with Gasteiger partial charge >= 0.3 is 6.18 Å². The Bertz CT molecular complexity index is 728. The molecule has 8 nitrogen and oxygen atoms in total. The molecule has 0 bridgehead atoms. The summed E-state index contributed by atoms with van der Waals surface area (Å²) in [5.41, 5.74) is -0.489. The molecule has 1 aliphatic heterocycles. The van der Waals surface area contributed by atoms with Crippen molar-refractivity contribution in [1.29, 1.82) is 0 Å². The van der Waals surface area contributed by atoms with E-state index in [-0.39, 0.29) is 18.4 Å². The Morgan fingerprint density at radius 2 is 2.10 bits per heavy atom. The minimum atomic E-state index is -4.59. The van der Waals surface area contributed by atoms with Gasteiger partial charge in [-0.1, -0.05) is 0 Å². The quantitative estimate of drug-likeness (QED) is 0.544. The average Bonchev–Trinajstić information content (AvgIpc) is 2.69. The number of nitrogens with one attached hydrogen (secondary N) is 2. The van der Waals surface area contributed by atoms with Crippen LogP contribution < -0.4 is 10.6 Å². The van der Waals surface area contributed by atoms with E-state index >= 15 is 0 Å². The maximum absolute atomic E-state index is 13.0. The summed E-state index contributed by atoms with van der Waals surface area (Å²) in [6.07, 6.45) is -3.75. The fourth-order valence-corrected chi connectivity index (χ4v) is 3.28. The third-order valence-corrected chi connectivity index (χ3v) is 4.77. The van der Waals surface area contributed by atoms with Gasteiger partial charge in [-0.25, -0.2) is 9.37 Å². The van der Waals surface area contributed by atoms with E-state index in [1.807, 2.05) is 0 Å². The lowest BCUT2D eigenvalue weighted by Gasteiger charge is -2.43. The van der Waals surface area contributed by atoms with Crippen molar-refractivity contribution in [3.63, 3.8) is 0 Å². The summed E-state index contributed by atoms with van der Waals surface area (Å²) in [7, 11) is 1.33. The van der Waals surface area contributed by atoms with Crippen LogP contribution in [0.5, 0.6) is 0 Å². The zero-order chi connectivity index (χ0) is 21.0. The van der Waals surface area contributed by atoms with E-state index in [2.05, 4.69) is 20.6 Å². The van der Waals surface area contributed by atoms with E-state index in [0.717, 1.165) is 0 Å². The third-order valence-electron chi connectivity index (χ3n) is 4.77. The van der Waals surface area contributed by atoms with Crippen LogP contribution in [0.4, 0.5) is 29.3 Å². The summed E-state index contributed by atoms with van der Waals surface area (Å²) in [6, 6.07) is 0. The van der Waals surface area contributed by atoms with E-state index in [9.17, 15) is 22.7 Å². The molecule has 3 rings (SSSR count). The largest absolute Gasteiger partial charge is 0.421 e. The smallest absolute Gasteiger partial charge is 0.379 e. The van der Waals surface area contributed by atoms with Gasteiger partial charge in [0.2, 0.25) is 5.95 Å². The van der Waals surface area contributed by atoms with Gasteiger partial charge in [-0.05, 0) is 6.08 Å². The summed E-state index contributed by atoms with van der Waals surface area (Å²) < 4.78 is 62.2. The Morgan fingerprint density at radius 3 is 2.72 bits per heavy atom. The molecule has 0 spiro atoms. The van der Waals surface area contributed by atoms with Crippen LogP contribution in [-0.2, 0) is 15.7 Å². The molecule has 0 amide bonds. The van der Waals surface area contributed by atoms with Crippen LogP contribution in [0, 0.1) is 5.92 Å². The third kappa shape index (κ3) is 4.94. The molecule has 12 heteroatoms. The van der Waals surface area contributed by atoms with Gasteiger partial charge in [-0.3, -0.25) is 4.90 Å². The number of alkyl halides is 4. The van der Waals surface area contributed by atoms with Crippen molar-refractivity contribution >= 4 is 11.8 Å². The first-order chi connectivity index (χ1) is 13.8. The Morgan fingerprint density at radius 1 is 1.38 bits per heavy atom. The van der Waals surface area contributed by atoms with E-state index in [1.54, 1.807) is 11.0 Å². The van der Waals surface area contributed by atoms with Crippen molar-refractivity contribution < 1.29 is 32.1 Å². The van der Waals surface area contributed by atoms with Crippen LogP contribution in [-0.4, -0.2) is 78.9 Å². The number of ether oxygens (including phenoxy) is 2. The van der Waals surface area contributed by atoms with Crippen LogP contribution in [0.2, 0.25) is 0 Å². The highest BCUT2D eigenvalue weighted by atomic mass is 19.4. The molecule has 3 atom stereocenters. The molecule has 3 N–H and O–H groups in total. The number of aliphatic hydroxyl groups is 1. The molecule has 0 saturated carbocycles. The molecule has 1 fully saturated rings. The lowest BCUT2D eigenvalue weighted by atomic mass is 9.84. The SMILES string of the molecule is CNc1nc(NC2=CC(OCCF)[C@H]2[C@H](O)N2CCOCC2)ncc1C(F)(F)F. The lowest BCUT2D eigenvalue weighted by molar-refractivity contribution is -0.137. The molecule has 162 valence electrons. The molecule has 1 aliphatic carbocycles. The summed E-state index contributed by atoms with van der Waals surface area (Å²) in [5.74, 6) is -0.981. The number of aliphatic hydroxyl groups excluding tert-OH is 1. The number of morpholine rings is 1. The Balaban J connectivity index is 1.77. The standard InChI is InChI=1S/C17H23F4N5O3/c1-22-14-10(17(19,20)21)9-23-16(25-14)24-11-8-12(29-5-2-18)13(11)15(27)26-3-6-28-7-4-26/h8-9,12-13,15,27H,2-7H2,1H3,(H2,22,23,24,25)/t12?,13-,15-/m0/s1. The van der Waals surface area contributed by atoms with E-state index in [4.69, 9.17) is 9.47 Å². The van der Waals surface area contributed by atoms with Gasteiger partial charge in [-0.15, -0.1) is 0 Å². The van der Waals surface area contributed by atoms with Gasteiger partial charge in [0.1, 0.15) is 24.3 Å². The number of rotatable bonds is 8. The second-order valence-electron chi connectivity index (χ2n) is 6.56. The maximum atomic E-state index is 13.0. The second-order valence-corrected chi connectivity index (χ2v) is 6.56. The van der Waals surface area contributed by atoms with Crippen LogP contribution >= 0.6 is 0 Å². The first-order valence-electron chi connectivity index (χ1n) is 9.13. The number of hydrogen-bond acceptors (Lipinski definition) is 8. The summed E-state index contributed by atoms with van der Waals surface area (Å²) >= 11 is 0. The minimum Gasteiger partial charge on any atom is -0.379 e. The predicted octanol–water partition coefficient (Wildman–Crippen LogP) is 1.47. The molecule has 29 heavy (non-hydrogen) atoms. The number of anilines is 2. The summed E-state index contributed by atoms with van der Waals surface area (Å²) in [5, 5.41) is 16.0. The van der Waals surface area contributed by atoms with Gasteiger partial charge in [0.15, 0.2) is 0 Å². The van der Waals surface area contributed by atoms with Crippen molar-refractivity contribution in [3.8, 4) is 0 Å². The van der Waals surface area contributed by atoms with Gasteiger partial charge in [0.25, 0.3) is 0 Å². The molecule has 1 aromatic rings. The van der Waals surface area contributed by atoms with Crippen molar-refractivity contribution in [2.24, 2.45) is 5.92 Å². The van der Waals surface area contributed by atoms with Crippen molar-refractivity contribution in [2.45, 2.75) is 18.5 Å². The molecule has 2 aliphatic rings. The van der Waals surface area contributed by atoms with E-state index < -0.39 is 36.7 Å². The molecule has 1 unspecified atom stereocenters. The van der Waals surface area contributed by atoms with Gasteiger partial charge in [-0.2, -0.15) is 18.2 Å². The van der Waals surface area contributed by atoms with Crippen molar-refractivity contribution in [2.75, 3.05) is 57.3 Å². The second kappa shape index (κ2) is 9.20. The topological polar surface area (TPSA) is 91.8 Å². The lowest BCUT2D eigenvalue weighted by Crippen LogP contribution is -2.54. The number of hydrogen-bond donors (Lipinski definition) is 3. The van der Waals surface area contributed by atoms with E-state index in [1.165, 1.54) is 7.05 Å². The average molecular weight is 421 g/mol. The first-order valence-corrected chi connectivity index (χ1v) is 9.13. The zero-order valence-corrected chi connectivity index (χ0v) is 15.7. The molecule has 1 saturated heterocycles. The molecule has 0 aromatic carbocycles. The van der Waals surface area contributed by atoms with Crippen molar-refractivity contribution in [1.82, 2.24) is 14.9 Å². The minimum absolute atomic E-state index is 0.0586. The number of nitrogens with zero attached hydrogens (tertiary/aromatic N) is 3.